The third-order valence-electron chi connectivity index (χ3n) is 3.74. The van der Waals surface area contributed by atoms with Crippen LogP contribution in [0.25, 0.3) is 0 Å². The van der Waals surface area contributed by atoms with E-state index < -0.39 is 0 Å². The quantitative estimate of drug-likeness (QED) is 0.103. The SMILES string of the molecule is O=C(OCCCCI)c1ccccc1.O=C=NCCCCOC(=O)c1ccccc1. The van der Waals surface area contributed by atoms with E-state index in [0.29, 0.717) is 37.3 Å². The highest BCUT2D eigenvalue weighted by molar-refractivity contribution is 14.1. The van der Waals surface area contributed by atoms with E-state index in [2.05, 4.69) is 27.6 Å². The van der Waals surface area contributed by atoms with Gasteiger partial charge < -0.3 is 9.47 Å². The van der Waals surface area contributed by atoms with Crippen molar-refractivity contribution in [2.45, 2.75) is 25.7 Å². The number of rotatable bonds is 11. The number of nitrogens with zero attached hydrogens (tertiary/aromatic N) is 1. The van der Waals surface area contributed by atoms with Gasteiger partial charge in [0.15, 0.2) is 0 Å². The molecule has 0 unspecified atom stereocenters. The second kappa shape index (κ2) is 17.4. The molecule has 160 valence electrons. The molecule has 0 spiro atoms. The summed E-state index contributed by atoms with van der Waals surface area (Å²) in [5.41, 5.74) is 1.18. The minimum absolute atomic E-state index is 0.223. The van der Waals surface area contributed by atoms with Crippen LogP contribution in [0.5, 0.6) is 0 Å². The maximum atomic E-state index is 11.4. The van der Waals surface area contributed by atoms with E-state index in [-0.39, 0.29) is 11.9 Å². The summed E-state index contributed by atoms with van der Waals surface area (Å²) in [6, 6.07) is 17.9. The van der Waals surface area contributed by atoms with Gasteiger partial charge in [0, 0.05) is 0 Å². The van der Waals surface area contributed by atoms with E-state index in [1.807, 2.05) is 24.3 Å². The summed E-state index contributed by atoms with van der Waals surface area (Å²) in [7, 11) is 0. The second-order valence-corrected chi connectivity index (χ2v) is 7.16. The molecule has 0 aliphatic carbocycles. The molecule has 0 heterocycles. The van der Waals surface area contributed by atoms with Crippen LogP contribution in [-0.2, 0) is 14.3 Å². The number of benzene rings is 2. The van der Waals surface area contributed by atoms with Gasteiger partial charge in [0.2, 0.25) is 6.08 Å². The maximum absolute atomic E-state index is 11.4. The van der Waals surface area contributed by atoms with Gasteiger partial charge in [-0.3, -0.25) is 0 Å². The number of isocyanates is 1. The molecule has 2 rings (SSSR count). The van der Waals surface area contributed by atoms with Gasteiger partial charge in [-0.05, 0) is 54.4 Å². The van der Waals surface area contributed by atoms with Gasteiger partial charge in [-0.15, -0.1) is 0 Å². The lowest BCUT2D eigenvalue weighted by Gasteiger charge is -2.03. The first-order chi connectivity index (χ1) is 14.7. The van der Waals surface area contributed by atoms with Crippen molar-refractivity contribution >= 4 is 40.6 Å². The van der Waals surface area contributed by atoms with Crippen molar-refractivity contribution in [1.82, 2.24) is 0 Å². The zero-order valence-electron chi connectivity index (χ0n) is 16.8. The number of unbranched alkanes of at least 4 members (excludes halogenated alkanes) is 2. The van der Waals surface area contributed by atoms with Crippen LogP contribution in [0, 0.1) is 0 Å². The number of esters is 2. The molecule has 0 radical (unpaired) electrons. The predicted molar refractivity (Wildman–Crippen MR) is 124 cm³/mol. The summed E-state index contributed by atoms with van der Waals surface area (Å²) in [5, 5.41) is 0. The Bertz CT molecular complexity index is 777. The molecule has 2 aromatic rings. The lowest BCUT2D eigenvalue weighted by molar-refractivity contribution is 0.0490. The van der Waals surface area contributed by atoms with E-state index in [4.69, 9.17) is 9.47 Å². The molecular weight excluding hydrogens is 497 g/mol. The van der Waals surface area contributed by atoms with Crippen LogP contribution in [0.15, 0.2) is 65.7 Å². The summed E-state index contributed by atoms with van der Waals surface area (Å²) in [5.74, 6) is -0.543. The fourth-order valence-electron chi connectivity index (χ4n) is 2.18. The minimum Gasteiger partial charge on any atom is -0.462 e. The van der Waals surface area contributed by atoms with Gasteiger partial charge in [0.25, 0.3) is 0 Å². The molecule has 0 amide bonds. The van der Waals surface area contributed by atoms with Crippen molar-refractivity contribution < 1.29 is 23.9 Å². The Hall–Kier alpha value is -2.51. The maximum Gasteiger partial charge on any atom is 0.338 e. The summed E-state index contributed by atoms with van der Waals surface area (Å²) < 4.78 is 11.2. The first-order valence-corrected chi connectivity index (χ1v) is 11.3. The van der Waals surface area contributed by atoms with E-state index in [1.54, 1.807) is 36.4 Å². The van der Waals surface area contributed by atoms with Gasteiger partial charge in [-0.2, -0.15) is 0 Å². The smallest absolute Gasteiger partial charge is 0.338 e. The molecule has 0 aliphatic rings. The van der Waals surface area contributed by atoms with E-state index >= 15 is 0 Å². The molecule has 2 aromatic carbocycles. The predicted octanol–water partition coefficient (Wildman–Crippen LogP) is 5.02. The van der Waals surface area contributed by atoms with Crippen molar-refractivity contribution in [2.24, 2.45) is 4.99 Å². The monoisotopic (exact) mass is 523 g/mol. The largest absolute Gasteiger partial charge is 0.462 e. The molecule has 0 saturated carbocycles. The summed E-state index contributed by atoms with van der Waals surface area (Å²) in [6.45, 7) is 1.31. The zero-order valence-corrected chi connectivity index (χ0v) is 19.0. The van der Waals surface area contributed by atoms with E-state index in [1.165, 1.54) is 6.08 Å². The minimum atomic E-state index is -0.320. The highest BCUT2D eigenvalue weighted by Crippen LogP contribution is 2.03. The van der Waals surface area contributed by atoms with Crippen molar-refractivity contribution in [1.29, 1.82) is 0 Å². The summed E-state index contributed by atoms with van der Waals surface area (Å²) >= 11 is 2.32. The normalized spacial score (nSPS) is 9.50. The molecule has 0 atom stereocenters. The topological polar surface area (TPSA) is 82.0 Å². The molecule has 7 heteroatoms. The molecular formula is C23H26INO5. The van der Waals surface area contributed by atoms with Crippen LogP contribution in [0.1, 0.15) is 46.4 Å². The number of carbonyl (C=O) groups is 2. The van der Waals surface area contributed by atoms with E-state index in [0.717, 1.165) is 23.7 Å². The highest BCUT2D eigenvalue weighted by Gasteiger charge is 2.05. The van der Waals surface area contributed by atoms with Crippen molar-refractivity contribution in [3.63, 3.8) is 0 Å². The summed E-state index contributed by atoms with van der Waals surface area (Å²) in [6.07, 6.45) is 4.92. The molecule has 0 aliphatic heterocycles. The fourth-order valence-corrected chi connectivity index (χ4v) is 2.72. The number of hydrogen-bond donors (Lipinski definition) is 0. The number of ether oxygens (including phenoxy) is 2. The lowest BCUT2D eigenvalue weighted by Crippen LogP contribution is -2.06. The third-order valence-corrected chi connectivity index (χ3v) is 4.50. The van der Waals surface area contributed by atoms with Crippen molar-refractivity contribution in [3.8, 4) is 0 Å². The third kappa shape index (κ3) is 12.1. The molecule has 30 heavy (non-hydrogen) atoms. The average Bonchev–Trinajstić information content (AvgIpc) is 2.80. The fraction of sp³-hybridized carbons (Fsp3) is 0.348. The summed E-state index contributed by atoms with van der Waals surface area (Å²) in [4.78, 5) is 36.0. The number of carbonyl (C=O) groups excluding carboxylic acids is 3. The first kappa shape index (κ1) is 25.5. The Morgan fingerprint density at radius 3 is 1.67 bits per heavy atom. The zero-order chi connectivity index (χ0) is 21.9. The Kier molecular flexibility index (Phi) is 14.8. The highest BCUT2D eigenvalue weighted by atomic mass is 127. The Balaban J connectivity index is 0.000000303. The second-order valence-electron chi connectivity index (χ2n) is 6.08. The standard InChI is InChI=1S/C12H13NO3.C11H13IO2/c14-10-13-8-4-5-9-16-12(15)11-6-2-1-3-7-11;12-8-4-5-9-14-11(13)10-6-2-1-3-7-10/h1-3,6-7H,4-5,8-9H2;1-3,6-7H,4-5,8-9H2. The molecule has 0 N–H and O–H groups in total. The Morgan fingerprint density at radius 2 is 1.23 bits per heavy atom. The van der Waals surface area contributed by atoms with Crippen LogP contribution in [-0.4, -0.2) is 42.2 Å². The van der Waals surface area contributed by atoms with E-state index in [9.17, 15) is 14.4 Å². The van der Waals surface area contributed by atoms with Crippen LogP contribution in [0.4, 0.5) is 0 Å². The number of aliphatic imine (C=N–C) groups is 1. The number of hydrogen-bond acceptors (Lipinski definition) is 6. The van der Waals surface area contributed by atoms with Gasteiger partial charge in [-0.25, -0.2) is 19.4 Å². The van der Waals surface area contributed by atoms with Crippen molar-refractivity contribution in [2.75, 3.05) is 24.2 Å². The van der Waals surface area contributed by atoms with Crippen molar-refractivity contribution in [3.05, 3.63) is 71.8 Å². The number of halogens is 1. The van der Waals surface area contributed by atoms with Gasteiger partial charge in [-0.1, -0.05) is 59.0 Å². The Labute approximate surface area is 190 Å². The molecule has 0 saturated heterocycles. The Morgan fingerprint density at radius 1 is 0.767 bits per heavy atom. The van der Waals surface area contributed by atoms with Crippen LogP contribution >= 0.6 is 22.6 Å². The lowest BCUT2D eigenvalue weighted by atomic mass is 10.2. The van der Waals surface area contributed by atoms with Crippen LogP contribution in [0.3, 0.4) is 0 Å². The molecule has 0 bridgehead atoms. The first-order valence-electron chi connectivity index (χ1n) is 9.73. The van der Waals surface area contributed by atoms with Gasteiger partial charge in [0.1, 0.15) is 0 Å². The number of alkyl halides is 1. The molecule has 6 nitrogen and oxygen atoms in total. The molecule has 0 aromatic heterocycles. The van der Waals surface area contributed by atoms with Gasteiger partial charge >= 0.3 is 11.9 Å². The van der Waals surface area contributed by atoms with Crippen LogP contribution < -0.4 is 0 Å². The van der Waals surface area contributed by atoms with Crippen LogP contribution in [0.2, 0.25) is 0 Å². The molecule has 0 fully saturated rings. The average molecular weight is 523 g/mol. The van der Waals surface area contributed by atoms with Gasteiger partial charge in [0.05, 0.1) is 30.9 Å².